The molecule has 1 unspecified atom stereocenters. The summed E-state index contributed by atoms with van der Waals surface area (Å²) >= 11 is 15.7. The molecule has 0 radical (unpaired) electrons. The summed E-state index contributed by atoms with van der Waals surface area (Å²) < 4.78 is 0.912. The lowest BCUT2D eigenvalue weighted by Gasteiger charge is -2.20. The van der Waals surface area contributed by atoms with Crippen LogP contribution in [0.25, 0.3) is 0 Å². The van der Waals surface area contributed by atoms with Crippen LogP contribution in [-0.2, 0) is 0 Å². The van der Waals surface area contributed by atoms with Crippen molar-refractivity contribution >= 4 is 44.8 Å². The maximum Gasteiger partial charge on any atom is 0.0745 e. The summed E-state index contributed by atoms with van der Waals surface area (Å²) in [6.45, 7) is 0. The molecule has 2 aromatic carbocycles. The van der Waals surface area contributed by atoms with Gasteiger partial charge in [0.15, 0.2) is 0 Å². The maximum atomic E-state index is 6.23. The van der Waals surface area contributed by atoms with Crippen molar-refractivity contribution in [3.8, 4) is 0 Å². The Labute approximate surface area is 130 Å². The van der Waals surface area contributed by atoms with Crippen LogP contribution in [0.5, 0.6) is 0 Å². The van der Waals surface area contributed by atoms with Gasteiger partial charge in [-0.25, -0.2) is 5.43 Å². The molecule has 0 aliphatic rings. The number of benzene rings is 2. The summed E-state index contributed by atoms with van der Waals surface area (Å²) in [4.78, 5) is 0. The summed E-state index contributed by atoms with van der Waals surface area (Å²) in [5.74, 6) is 5.65. The number of hydrogen-bond donors (Lipinski definition) is 3. The van der Waals surface area contributed by atoms with Gasteiger partial charge in [0.1, 0.15) is 0 Å². The molecule has 0 bridgehead atoms. The quantitative estimate of drug-likeness (QED) is 0.442. The first-order valence-electron chi connectivity index (χ1n) is 5.49. The predicted octanol–water partition coefficient (Wildman–Crippen LogP) is 3.89. The Kier molecular flexibility index (Phi) is 4.71. The second-order valence-electron chi connectivity index (χ2n) is 4.02. The number of hydrogen-bond acceptors (Lipinski definition) is 3. The number of nitrogen functional groups attached to an aromatic ring is 1. The monoisotopic (exact) mass is 359 g/mol. The van der Waals surface area contributed by atoms with E-state index in [4.69, 9.17) is 34.8 Å². The number of anilines is 1. The Balaban J connectivity index is 2.56. The Hall–Kier alpha value is -0.780. The van der Waals surface area contributed by atoms with E-state index in [0.29, 0.717) is 15.7 Å². The Morgan fingerprint density at radius 3 is 2.53 bits per heavy atom. The lowest BCUT2D eigenvalue weighted by molar-refractivity contribution is 0.638. The van der Waals surface area contributed by atoms with E-state index in [0.717, 1.165) is 15.6 Å². The molecule has 0 heterocycles. The van der Waals surface area contributed by atoms with Crippen molar-refractivity contribution in [3.05, 3.63) is 62.0 Å². The van der Waals surface area contributed by atoms with Crippen molar-refractivity contribution in [1.82, 2.24) is 5.43 Å². The maximum absolute atomic E-state index is 6.23. The first-order chi connectivity index (χ1) is 9.04. The van der Waals surface area contributed by atoms with Crippen LogP contribution >= 0.6 is 39.1 Å². The zero-order valence-electron chi connectivity index (χ0n) is 9.83. The van der Waals surface area contributed by atoms with E-state index < -0.39 is 0 Å². The highest BCUT2D eigenvalue weighted by atomic mass is 79.9. The fourth-order valence-electron chi connectivity index (χ4n) is 1.89. The molecule has 0 amide bonds. The molecule has 2 aromatic rings. The van der Waals surface area contributed by atoms with Crippen molar-refractivity contribution < 1.29 is 0 Å². The van der Waals surface area contributed by atoms with Gasteiger partial charge in [0.25, 0.3) is 0 Å². The first kappa shape index (κ1) is 14.6. The van der Waals surface area contributed by atoms with Gasteiger partial charge >= 0.3 is 0 Å². The van der Waals surface area contributed by atoms with Gasteiger partial charge in [-0.15, -0.1) is 0 Å². The van der Waals surface area contributed by atoms with Crippen LogP contribution < -0.4 is 17.0 Å². The number of nitrogens with one attached hydrogen (secondary N) is 1. The van der Waals surface area contributed by atoms with Gasteiger partial charge in [0.05, 0.1) is 16.1 Å². The van der Waals surface area contributed by atoms with E-state index in [1.807, 2.05) is 30.3 Å². The van der Waals surface area contributed by atoms with E-state index in [-0.39, 0.29) is 6.04 Å². The summed E-state index contributed by atoms with van der Waals surface area (Å²) in [5, 5.41) is 0.944. The molecule has 0 fully saturated rings. The predicted molar refractivity (Wildman–Crippen MR) is 84.2 cm³/mol. The number of nitrogens with two attached hydrogens (primary N) is 2. The van der Waals surface area contributed by atoms with Crippen LogP contribution in [0.4, 0.5) is 5.69 Å². The molecule has 0 aromatic heterocycles. The van der Waals surface area contributed by atoms with Crippen LogP contribution in [0.3, 0.4) is 0 Å². The molecule has 100 valence electrons. The average molecular weight is 361 g/mol. The third-order valence-electron chi connectivity index (χ3n) is 2.82. The topological polar surface area (TPSA) is 64.1 Å². The fourth-order valence-corrected chi connectivity index (χ4v) is 2.68. The van der Waals surface area contributed by atoms with E-state index in [1.165, 1.54) is 0 Å². The lowest BCUT2D eigenvalue weighted by atomic mass is 9.98. The number of hydrazine groups is 1. The Morgan fingerprint density at radius 2 is 1.84 bits per heavy atom. The SMILES string of the molecule is NNC(c1cc(Br)ccc1N)c1cccc(Cl)c1Cl. The highest BCUT2D eigenvalue weighted by molar-refractivity contribution is 9.10. The molecule has 2 rings (SSSR count). The molecule has 6 heteroatoms. The van der Waals surface area contributed by atoms with Gasteiger partial charge in [-0.3, -0.25) is 5.84 Å². The van der Waals surface area contributed by atoms with Gasteiger partial charge in [0, 0.05) is 10.2 Å². The molecule has 0 saturated heterocycles. The van der Waals surface area contributed by atoms with Crippen LogP contribution in [0.15, 0.2) is 40.9 Å². The molecule has 3 nitrogen and oxygen atoms in total. The molecular formula is C13H12BrCl2N3. The summed E-state index contributed by atoms with van der Waals surface area (Å²) in [6.07, 6.45) is 0. The molecule has 5 N–H and O–H groups in total. The van der Waals surface area contributed by atoms with E-state index in [9.17, 15) is 0 Å². The van der Waals surface area contributed by atoms with Gasteiger partial charge in [0.2, 0.25) is 0 Å². The van der Waals surface area contributed by atoms with E-state index in [1.54, 1.807) is 6.07 Å². The Morgan fingerprint density at radius 1 is 1.11 bits per heavy atom. The minimum absolute atomic E-state index is 0.330. The standard InChI is InChI=1S/C13H12BrCl2N3/c14-7-4-5-11(17)9(6-7)13(19-18)8-2-1-3-10(15)12(8)16/h1-6,13,19H,17-18H2. The second kappa shape index (κ2) is 6.11. The molecule has 0 aliphatic heterocycles. The van der Waals surface area contributed by atoms with Crippen LogP contribution in [0, 0.1) is 0 Å². The number of halogens is 3. The molecule has 0 spiro atoms. The highest BCUT2D eigenvalue weighted by Gasteiger charge is 2.19. The van der Waals surface area contributed by atoms with Crippen molar-refractivity contribution in [2.45, 2.75) is 6.04 Å². The number of rotatable bonds is 3. The Bertz CT molecular complexity index is 602. The third kappa shape index (κ3) is 3.04. The van der Waals surface area contributed by atoms with Gasteiger partial charge < -0.3 is 5.73 Å². The van der Waals surface area contributed by atoms with Gasteiger partial charge in [-0.1, -0.05) is 51.3 Å². The first-order valence-corrected chi connectivity index (χ1v) is 7.04. The van der Waals surface area contributed by atoms with Crippen LogP contribution in [0.1, 0.15) is 17.2 Å². The lowest BCUT2D eigenvalue weighted by Crippen LogP contribution is -2.29. The highest BCUT2D eigenvalue weighted by Crippen LogP contribution is 2.35. The van der Waals surface area contributed by atoms with Crippen molar-refractivity contribution in [3.63, 3.8) is 0 Å². The van der Waals surface area contributed by atoms with Crippen molar-refractivity contribution in [2.24, 2.45) is 5.84 Å². The molecule has 0 saturated carbocycles. The molecule has 0 aliphatic carbocycles. The zero-order chi connectivity index (χ0) is 14.0. The minimum atomic E-state index is -0.330. The fraction of sp³-hybridized carbons (Fsp3) is 0.0769. The van der Waals surface area contributed by atoms with E-state index in [2.05, 4.69) is 21.4 Å². The van der Waals surface area contributed by atoms with Crippen LogP contribution in [0.2, 0.25) is 10.0 Å². The average Bonchev–Trinajstić information content (AvgIpc) is 2.39. The van der Waals surface area contributed by atoms with Crippen molar-refractivity contribution in [1.29, 1.82) is 0 Å². The molecule has 1 atom stereocenters. The molecular weight excluding hydrogens is 349 g/mol. The third-order valence-corrected chi connectivity index (χ3v) is 4.15. The summed E-state index contributed by atoms with van der Waals surface area (Å²) in [6, 6.07) is 10.7. The smallest absolute Gasteiger partial charge is 0.0745 e. The van der Waals surface area contributed by atoms with E-state index >= 15 is 0 Å². The summed E-state index contributed by atoms with van der Waals surface area (Å²) in [7, 11) is 0. The van der Waals surface area contributed by atoms with Crippen LogP contribution in [-0.4, -0.2) is 0 Å². The van der Waals surface area contributed by atoms with Gasteiger partial charge in [-0.05, 0) is 35.4 Å². The zero-order valence-corrected chi connectivity index (χ0v) is 12.9. The second-order valence-corrected chi connectivity index (χ2v) is 5.72. The summed E-state index contributed by atoms with van der Waals surface area (Å²) in [5.41, 5.74) is 11.0. The van der Waals surface area contributed by atoms with Gasteiger partial charge in [-0.2, -0.15) is 0 Å². The minimum Gasteiger partial charge on any atom is -0.398 e. The largest absolute Gasteiger partial charge is 0.398 e. The normalized spacial score (nSPS) is 12.4. The van der Waals surface area contributed by atoms with Crippen molar-refractivity contribution in [2.75, 3.05) is 5.73 Å². The molecule has 19 heavy (non-hydrogen) atoms.